The predicted octanol–water partition coefficient (Wildman–Crippen LogP) is 3.57. The Morgan fingerprint density at radius 3 is 2.70 bits per heavy atom. The number of rotatable bonds is 2. The quantitative estimate of drug-likeness (QED) is 0.820. The lowest BCUT2D eigenvalue weighted by Crippen LogP contribution is -2.36. The Labute approximate surface area is 137 Å². The number of carbonyl (C=O) groups is 1. The molecular weight excluding hydrogens is 288 g/mol. The zero-order valence-corrected chi connectivity index (χ0v) is 13.5. The molecule has 3 aliphatic carbocycles. The Morgan fingerprint density at radius 2 is 1.91 bits per heavy atom. The van der Waals surface area contributed by atoms with Crippen molar-refractivity contribution in [3.63, 3.8) is 0 Å². The number of nitrogens with zero attached hydrogens (tertiary/aromatic N) is 1. The minimum absolute atomic E-state index is 0.00457. The first kappa shape index (κ1) is 14.7. The third-order valence-electron chi connectivity index (χ3n) is 6.36. The van der Waals surface area contributed by atoms with Crippen LogP contribution in [0.1, 0.15) is 49.4 Å². The normalized spacial score (nSPS) is 36.9. The van der Waals surface area contributed by atoms with Crippen molar-refractivity contribution in [1.82, 2.24) is 5.43 Å². The van der Waals surface area contributed by atoms with Crippen LogP contribution in [0.4, 0.5) is 0 Å². The summed E-state index contributed by atoms with van der Waals surface area (Å²) in [6.07, 6.45) is 6.48. The molecule has 2 bridgehead atoms. The summed E-state index contributed by atoms with van der Waals surface area (Å²) in [5, 5.41) is 14.2. The number of para-hydroxylation sites is 1. The van der Waals surface area contributed by atoms with Crippen LogP contribution in [0.25, 0.3) is 0 Å². The second kappa shape index (κ2) is 5.66. The van der Waals surface area contributed by atoms with Gasteiger partial charge >= 0.3 is 0 Å². The van der Waals surface area contributed by atoms with Gasteiger partial charge in [-0.2, -0.15) is 5.10 Å². The van der Waals surface area contributed by atoms with Crippen LogP contribution in [-0.4, -0.2) is 16.7 Å². The van der Waals surface area contributed by atoms with Crippen molar-refractivity contribution < 1.29 is 9.90 Å². The largest absolute Gasteiger partial charge is 0.507 e. The summed E-state index contributed by atoms with van der Waals surface area (Å²) in [4.78, 5) is 12.2. The number of benzene rings is 1. The number of nitrogens with one attached hydrogen (secondary N) is 1. The monoisotopic (exact) mass is 312 g/mol. The van der Waals surface area contributed by atoms with Crippen LogP contribution >= 0.6 is 0 Å². The van der Waals surface area contributed by atoms with E-state index in [0.29, 0.717) is 5.92 Å². The van der Waals surface area contributed by atoms with Crippen molar-refractivity contribution in [3.8, 4) is 5.75 Å². The van der Waals surface area contributed by atoms with E-state index in [9.17, 15) is 9.90 Å². The van der Waals surface area contributed by atoms with E-state index in [0.717, 1.165) is 35.8 Å². The van der Waals surface area contributed by atoms with Crippen molar-refractivity contribution in [2.24, 2.45) is 34.7 Å². The average Bonchev–Trinajstić information content (AvgIpc) is 3.14. The summed E-state index contributed by atoms with van der Waals surface area (Å²) in [6.45, 7) is 2.23. The van der Waals surface area contributed by atoms with Gasteiger partial charge in [0.25, 0.3) is 5.91 Å². The van der Waals surface area contributed by atoms with Gasteiger partial charge in [-0.3, -0.25) is 4.79 Å². The van der Waals surface area contributed by atoms with Gasteiger partial charge in [-0.1, -0.05) is 19.1 Å². The fraction of sp³-hybridized carbons (Fsp3) is 0.579. The van der Waals surface area contributed by atoms with Crippen LogP contribution in [0.2, 0.25) is 0 Å². The fourth-order valence-electron chi connectivity index (χ4n) is 5.21. The zero-order chi connectivity index (χ0) is 16.0. The number of fused-ring (bicyclic) bond motifs is 5. The van der Waals surface area contributed by atoms with E-state index in [1.165, 1.54) is 31.7 Å². The zero-order valence-electron chi connectivity index (χ0n) is 13.5. The van der Waals surface area contributed by atoms with Gasteiger partial charge in [0, 0.05) is 5.71 Å². The molecule has 4 rings (SSSR count). The van der Waals surface area contributed by atoms with E-state index >= 15 is 0 Å². The molecule has 4 heteroatoms. The van der Waals surface area contributed by atoms with E-state index in [-0.39, 0.29) is 17.2 Å². The maximum Gasteiger partial charge on any atom is 0.275 e. The summed E-state index contributed by atoms with van der Waals surface area (Å²) in [6, 6.07) is 6.58. The number of hydrogen-bond donors (Lipinski definition) is 2. The summed E-state index contributed by atoms with van der Waals surface area (Å²) in [5.74, 6) is 3.61. The van der Waals surface area contributed by atoms with Crippen LogP contribution in [0.15, 0.2) is 29.4 Å². The molecule has 1 amide bonds. The van der Waals surface area contributed by atoms with Gasteiger partial charge in [-0.15, -0.1) is 0 Å². The first-order valence-electron chi connectivity index (χ1n) is 8.78. The van der Waals surface area contributed by atoms with Gasteiger partial charge in [0.1, 0.15) is 5.75 Å². The second-order valence-electron chi connectivity index (χ2n) is 7.56. The number of carbonyl (C=O) groups excluding carboxylic acids is 1. The minimum atomic E-state index is -0.335. The summed E-state index contributed by atoms with van der Waals surface area (Å²) in [5.41, 5.74) is 4.06. The van der Waals surface area contributed by atoms with E-state index in [2.05, 4.69) is 17.5 Å². The number of hydrazone groups is 1. The number of aromatic hydroxyl groups is 1. The van der Waals surface area contributed by atoms with Crippen LogP contribution in [-0.2, 0) is 0 Å². The molecule has 23 heavy (non-hydrogen) atoms. The van der Waals surface area contributed by atoms with Gasteiger partial charge in [-0.05, 0) is 73.8 Å². The molecule has 0 spiro atoms. The number of amides is 1. The molecule has 122 valence electrons. The Balaban J connectivity index is 1.46. The van der Waals surface area contributed by atoms with Crippen molar-refractivity contribution in [2.75, 3.05) is 0 Å². The Bertz CT molecular complexity index is 655. The molecule has 0 radical (unpaired) electrons. The van der Waals surface area contributed by atoms with Gasteiger partial charge in [0.2, 0.25) is 0 Å². The third kappa shape index (κ3) is 2.54. The molecule has 1 aromatic rings. The molecule has 0 aliphatic heterocycles. The highest BCUT2D eigenvalue weighted by atomic mass is 16.3. The maximum atomic E-state index is 12.2. The average molecular weight is 312 g/mol. The minimum Gasteiger partial charge on any atom is -0.507 e. The summed E-state index contributed by atoms with van der Waals surface area (Å²) >= 11 is 0. The van der Waals surface area contributed by atoms with E-state index in [1.54, 1.807) is 18.2 Å². The lowest BCUT2D eigenvalue weighted by Gasteiger charge is -2.38. The van der Waals surface area contributed by atoms with Gasteiger partial charge in [0.05, 0.1) is 5.56 Å². The molecule has 0 heterocycles. The Morgan fingerprint density at radius 1 is 1.17 bits per heavy atom. The van der Waals surface area contributed by atoms with Gasteiger partial charge in [-0.25, -0.2) is 5.43 Å². The first-order valence-corrected chi connectivity index (χ1v) is 8.78. The number of phenolic OH excluding ortho intramolecular Hbond substituents is 1. The van der Waals surface area contributed by atoms with Crippen molar-refractivity contribution in [2.45, 2.75) is 39.0 Å². The second-order valence-corrected chi connectivity index (χ2v) is 7.56. The van der Waals surface area contributed by atoms with Crippen molar-refractivity contribution in [1.29, 1.82) is 0 Å². The predicted molar refractivity (Wildman–Crippen MR) is 89.2 cm³/mol. The highest BCUT2D eigenvalue weighted by Gasteiger charge is 2.50. The van der Waals surface area contributed by atoms with Gasteiger partial charge < -0.3 is 5.11 Å². The molecule has 3 aliphatic rings. The fourth-order valence-corrected chi connectivity index (χ4v) is 5.21. The molecule has 2 N–H and O–H groups in total. The molecule has 4 nitrogen and oxygen atoms in total. The molecule has 0 aromatic heterocycles. The number of phenols is 1. The molecule has 3 fully saturated rings. The van der Waals surface area contributed by atoms with Crippen LogP contribution in [0.3, 0.4) is 0 Å². The highest BCUT2D eigenvalue weighted by Crippen LogP contribution is 2.57. The standard InChI is InChI=1S/C19H24N2O2/c1-11-8-15-12-6-7-13(9-12)16(15)10-17(11)20-21-19(23)14-4-2-3-5-18(14)22/h2-5,11-13,15-16,22H,6-10H2,1H3,(H,21,23)/b20-17+/t11-,12+,13-,15-,16-/m0/s1. The molecular formula is C19H24N2O2. The van der Waals surface area contributed by atoms with E-state index < -0.39 is 0 Å². The van der Waals surface area contributed by atoms with Crippen LogP contribution < -0.4 is 5.43 Å². The molecule has 0 saturated heterocycles. The lowest BCUT2D eigenvalue weighted by atomic mass is 9.67. The Hall–Kier alpha value is -1.84. The summed E-state index contributed by atoms with van der Waals surface area (Å²) < 4.78 is 0. The van der Waals surface area contributed by atoms with Crippen LogP contribution in [0.5, 0.6) is 5.75 Å². The van der Waals surface area contributed by atoms with Crippen molar-refractivity contribution >= 4 is 11.6 Å². The number of hydrogen-bond acceptors (Lipinski definition) is 3. The molecule has 5 atom stereocenters. The smallest absolute Gasteiger partial charge is 0.275 e. The SMILES string of the molecule is C[C@H]1C[C@H]2[C@@H]3CC[C@@H](C3)[C@@H]2C/C1=N\NC(=O)c1ccccc1O. The lowest BCUT2D eigenvalue weighted by molar-refractivity contribution is 0.0951. The van der Waals surface area contributed by atoms with Gasteiger partial charge in [0.15, 0.2) is 0 Å². The first-order chi connectivity index (χ1) is 11.1. The van der Waals surface area contributed by atoms with E-state index in [1.807, 2.05) is 0 Å². The summed E-state index contributed by atoms with van der Waals surface area (Å²) in [7, 11) is 0. The molecule has 3 saturated carbocycles. The topological polar surface area (TPSA) is 61.7 Å². The highest BCUT2D eigenvalue weighted by molar-refractivity contribution is 5.98. The molecule has 0 unspecified atom stereocenters. The third-order valence-corrected chi connectivity index (χ3v) is 6.36. The van der Waals surface area contributed by atoms with Crippen molar-refractivity contribution in [3.05, 3.63) is 29.8 Å². The molecule has 1 aromatic carbocycles. The maximum absolute atomic E-state index is 12.2. The van der Waals surface area contributed by atoms with E-state index in [4.69, 9.17) is 0 Å². The van der Waals surface area contributed by atoms with Crippen LogP contribution in [0, 0.1) is 29.6 Å². The Kier molecular flexibility index (Phi) is 3.63.